The Balaban J connectivity index is 1.32. The first-order valence-electron chi connectivity index (χ1n) is 9.38. The molecule has 1 aliphatic rings. The number of benzene rings is 1. The van der Waals surface area contributed by atoms with Gasteiger partial charge in [0.1, 0.15) is 16.6 Å². The number of rotatable bonds is 7. The van der Waals surface area contributed by atoms with Crippen LogP contribution in [0.15, 0.2) is 47.1 Å². The van der Waals surface area contributed by atoms with E-state index >= 15 is 0 Å². The van der Waals surface area contributed by atoms with Crippen molar-refractivity contribution < 1.29 is 18.0 Å². The van der Waals surface area contributed by atoms with Gasteiger partial charge in [-0.05, 0) is 19.8 Å². The Hall–Kier alpha value is -2.56. The highest BCUT2D eigenvalue weighted by molar-refractivity contribution is 7.90. The fourth-order valence-electron chi connectivity index (χ4n) is 3.28. The lowest BCUT2D eigenvalue weighted by Gasteiger charge is -2.36. The number of aliphatic hydroxyl groups excluding tert-OH is 1. The van der Waals surface area contributed by atoms with Gasteiger partial charge in [-0.15, -0.1) is 5.10 Å². The molecule has 1 saturated carbocycles. The Morgan fingerprint density at radius 3 is 2.69 bits per heavy atom. The van der Waals surface area contributed by atoms with Gasteiger partial charge in [0.2, 0.25) is 0 Å². The zero-order valence-corrected chi connectivity index (χ0v) is 17.0. The third-order valence-electron chi connectivity index (χ3n) is 5.34. The molecule has 10 heteroatoms. The summed E-state index contributed by atoms with van der Waals surface area (Å²) in [6.45, 7) is 1.60. The second-order valence-corrected chi connectivity index (χ2v) is 9.83. The molecule has 154 valence electrons. The van der Waals surface area contributed by atoms with Gasteiger partial charge in [0, 0.05) is 23.9 Å². The molecular weight excluding hydrogens is 394 g/mol. The van der Waals surface area contributed by atoms with Gasteiger partial charge < -0.3 is 9.63 Å². The van der Waals surface area contributed by atoms with Crippen LogP contribution in [0.4, 0.5) is 0 Å². The molecule has 2 atom stereocenters. The normalized spacial score (nSPS) is 21.5. The summed E-state index contributed by atoms with van der Waals surface area (Å²) in [7, 11) is -3.21. The fourth-order valence-corrected chi connectivity index (χ4v) is 3.83. The minimum atomic E-state index is -3.21. The molecule has 29 heavy (non-hydrogen) atoms. The first-order chi connectivity index (χ1) is 13.8. The molecular formula is C19H23N5O4S. The van der Waals surface area contributed by atoms with Gasteiger partial charge in [-0.2, -0.15) is 0 Å². The average molecular weight is 417 g/mol. The van der Waals surface area contributed by atoms with E-state index in [0.29, 0.717) is 17.1 Å². The Kier molecular flexibility index (Phi) is 5.24. The zero-order chi connectivity index (χ0) is 20.6. The Morgan fingerprint density at radius 2 is 2.00 bits per heavy atom. The van der Waals surface area contributed by atoms with E-state index in [4.69, 9.17) is 4.52 Å². The van der Waals surface area contributed by atoms with E-state index in [1.807, 2.05) is 30.3 Å². The van der Waals surface area contributed by atoms with Gasteiger partial charge in [0.25, 0.3) is 0 Å². The number of hydrogen-bond acceptors (Lipinski definition) is 8. The Bertz CT molecular complexity index is 1070. The van der Waals surface area contributed by atoms with Crippen molar-refractivity contribution in [3.05, 3.63) is 54.0 Å². The third kappa shape index (κ3) is 4.24. The Morgan fingerprint density at radius 1 is 1.28 bits per heavy atom. The van der Waals surface area contributed by atoms with Gasteiger partial charge in [-0.25, -0.2) is 13.1 Å². The van der Waals surface area contributed by atoms with Gasteiger partial charge in [-0.1, -0.05) is 40.7 Å². The maximum atomic E-state index is 11.7. The summed E-state index contributed by atoms with van der Waals surface area (Å²) in [6, 6.07) is 11.5. The number of aliphatic hydroxyl groups is 1. The lowest BCUT2D eigenvalue weighted by Crippen LogP contribution is -2.43. The molecule has 9 nitrogen and oxygen atoms in total. The van der Waals surface area contributed by atoms with Crippen molar-refractivity contribution in [2.45, 2.75) is 43.3 Å². The summed E-state index contributed by atoms with van der Waals surface area (Å²) >= 11 is 0. The van der Waals surface area contributed by atoms with E-state index in [0.717, 1.165) is 18.4 Å². The maximum Gasteiger partial charge on any atom is 0.180 e. The fraction of sp³-hybridized carbons (Fsp3) is 0.421. The van der Waals surface area contributed by atoms with Crippen LogP contribution < -0.4 is 5.32 Å². The van der Waals surface area contributed by atoms with Crippen molar-refractivity contribution in [1.82, 2.24) is 25.5 Å². The van der Waals surface area contributed by atoms with Crippen molar-refractivity contribution in [2.75, 3.05) is 6.26 Å². The van der Waals surface area contributed by atoms with E-state index in [1.54, 1.807) is 23.9 Å². The van der Waals surface area contributed by atoms with Gasteiger partial charge in [-0.3, -0.25) is 5.32 Å². The molecule has 0 radical (unpaired) electrons. The number of sulfone groups is 1. The monoisotopic (exact) mass is 417 g/mol. The number of hydrogen-bond donors (Lipinski definition) is 2. The zero-order valence-electron chi connectivity index (χ0n) is 16.1. The average Bonchev–Trinajstić information content (AvgIpc) is 3.33. The summed E-state index contributed by atoms with van der Waals surface area (Å²) in [5.41, 5.74) is 2.03. The smallest absolute Gasteiger partial charge is 0.180 e. The van der Waals surface area contributed by atoms with Gasteiger partial charge in [0.15, 0.2) is 21.8 Å². The predicted octanol–water partition coefficient (Wildman–Crippen LogP) is 2.02. The van der Waals surface area contributed by atoms with Crippen LogP contribution in [-0.4, -0.2) is 46.0 Å². The quantitative estimate of drug-likeness (QED) is 0.560. The summed E-state index contributed by atoms with van der Waals surface area (Å²) in [5, 5.41) is 24.9. The summed E-state index contributed by atoms with van der Waals surface area (Å²) < 4.78 is 30.3. The van der Waals surface area contributed by atoms with Crippen LogP contribution in [0.1, 0.15) is 48.7 Å². The minimum Gasteiger partial charge on any atom is -0.371 e. The molecule has 4 rings (SSSR count). The molecule has 3 aromatic rings. The predicted molar refractivity (Wildman–Crippen MR) is 105 cm³/mol. The van der Waals surface area contributed by atoms with E-state index in [2.05, 4.69) is 20.8 Å². The van der Waals surface area contributed by atoms with Gasteiger partial charge in [0.05, 0.1) is 12.2 Å². The first-order valence-corrected chi connectivity index (χ1v) is 11.3. The van der Waals surface area contributed by atoms with Crippen LogP contribution in [0.3, 0.4) is 0 Å². The van der Waals surface area contributed by atoms with Crippen LogP contribution in [0.5, 0.6) is 0 Å². The molecule has 0 amide bonds. The molecule has 0 spiro atoms. The first kappa shape index (κ1) is 19.7. The lowest BCUT2D eigenvalue weighted by atomic mass is 9.86. The van der Waals surface area contributed by atoms with Crippen molar-refractivity contribution >= 4 is 9.84 Å². The molecule has 2 heterocycles. The molecule has 0 aliphatic heterocycles. The molecule has 1 fully saturated rings. The van der Waals surface area contributed by atoms with Crippen LogP contribution in [-0.2, 0) is 9.84 Å². The van der Waals surface area contributed by atoms with E-state index in [-0.39, 0.29) is 12.1 Å². The molecule has 1 aromatic carbocycles. The third-order valence-corrected chi connectivity index (χ3v) is 6.86. The SMILES string of the molecule is CC(c1cn([C@H]2C[C@H](NC(O)c3cc(-c4ccccc4)no3)C2)nn1)S(C)(=O)=O. The summed E-state index contributed by atoms with van der Waals surface area (Å²) in [4.78, 5) is 0. The highest BCUT2D eigenvalue weighted by Crippen LogP contribution is 2.34. The molecule has 2 N–H and O–H groups in total. The van der Waals surface area contributed by atoms with Crippen LogP contribution in [0.25, 0.3) is 11.3 Å². The second-order valence-electron chi connectivity index (χ2n) is 7.47. The van der Waals surface area contributed by atoms with E-state index in [1.165, 1.54) is 6.26 Å². The van der Waals surface area contributed by atoms with Crippen molar-refractivity contribution in [3.63, 3.8) is 0 Å². The van der Waals surface area contributed by atoms with Gasteiger partial charge >= 0.3 is 0 Å². The maximum absolute atomic E-state index is 11.7. The standard InChI is InChI=1S/C19H23N5O4S/c1-12(29(2,26)27)17-11-24(23-21-17)15-8-14(9-15)20-19(25)18-10-16(22-28-18)13-6-4-3-5-7-13/h3-7,10-12,14-15,19-20,25H,8-9H2,1-2H3/t12?,14-,15-,19?. The molecule has 0 saturated heterocycles. The van der Waals surface area contributed by atoms with Crippen molar-refractivity contribution in [2.24, 2.45) is 0 Å². The van der Waals surface area contributed by atoms with E-state index in [9.17, 15) is 13.5 Å². The second kappa shape index (κ2) is 7.69. The largest absolute Gasteiger partial charge is 0.371 e. The molecule has 2 unspecified atom stereocenters. The number of aromatic nitrogens is 4. The summed E-state index contributed by atoms with van der Waals surface area (Å²) in [5.74, 6) is 0.359. The van der Waals surface area contributed by atoms with Crippen molar-refractivity contribution in [1.29, 1.82) is 0 Å². The molecule has 1 aliphatic carbocycles. The Labute approximate surface area is 168 Å². The van der Waals surface area contributed by atoms with Crippen LogP contribution in [0, 0.1) is 0 Å². The molecule has 2 aromatic heterocycles. The number of nitrogens with one attached hydrogen (secondary N) is 1. The minimum absolute atomic E-state index is 0.0836. The van der Waals surface area contributed by atoms with Crippen LogP contribution >= 0.6 is 0 Å². The van der Waals surface area contributed by atoms with E-state index < -0.39 is 21.3 Å². The highest BCUT2D eigenvalue weighted by atomic mass is 32.2. The highest BCUT2D eigenvalue weighted by Gasteiger charge is 2.34. The number of nitrogens with zero attached hydrogens (tertiary/aromatic N) is 4. The van der Waals surface area contributed by atoms with Crippen molar-refractivity contribution in [3.8, 4) is 11.3 Å². The summed E-state index contributed by atoms with van der Waals surface area (Å²) in [6.07, 6.45) is 3.40. The molecule has 0 bridgehead atoms. The lowest BCUT2D eigenvalue weighted by molar-refractivity contribution is 0.0623. The van der Waals surface area contributed by atoms with Crippen LogP contribution in [0.2, 0.25) is 0 Å². The topological polar surface area (TPSA) is 123 Å².